The summed E-state index contributed by atoms with van der Waals surface area (Å²) in [6.07, 6.45) is 3.25. The Morgan fingerprint density at radius 2 is 1.92 bits per heavy atom. The number of halogens is 1. The van der Waals surface area contributed by atoms with Crippen molar-refractivity contribution in [2.45, 2.75) is 31.3 Å². The molecule has 2 saturated heterocycles. The van der Waals surface area contributed by atoms with Crippen LogP contribution in [0.5, 0.6) is 0 Å². The van der Waals surface area contributed by atoms with Gasteiger partial charge in [0, 0.05) is 6.04 Å². The molecule has 144 valence electrons. The number of sulfone groups is 1. The second kappa shape index (κ2) is 8.10. The molecule has 0 radical (unpaired) electrons. The van der Waals surface area contributed by atoms with Crippen molar-refractivity contribution < 1.29 is 22.4 Å². The van der Waals surface area contributed by atoms with Gasteiger partial charge in [0.1, 0.15) is 0 Å². The Morgan fingerprint density at radius 3 is 2.58 bits per heavy atom. The molecule has 8 nitrogen and oxygen atoms in total. The predicted octanol–water partition coefficient (Wildman–Crippen LogP) is 0.540. The van der Waals surface area contributed by atoms with Gasteiger partial charge in [0.05, 0.1) is 24.1 Å². The molecule has 3 rings (SSSR count). The smallest absolute Gasteiger partial charge is 0.287 e. The Hall–Kier alpha value is -1.39. The summed E-state index contributed by atoms with van der Waals surface area (Å²) in [6.45, 7) is 1.48. The first-order valence-corrected chi connectivity index (χ1v) is 11.2. The van der Waals surface area contributed by atoms with Crippen molar-refractivity contribution in [1.82, 2.24) is 15.5 Å². The molecule has 0 aliphatic carbocycles. The van der Waals surface area contributed by atoms with Crippen molar-refractivity contribution in [1.29, 1.82) is 0 Å². The van der Waals surface area contributed by atoms with Crippen molar-refractivity contribution in [2.24, 2.45) is 0 Å². The topological polar surface area (TPSA) is 109 Å². The van der Waals surface area contributed by atoms with Gasteiger partial charge in [-0.1, -0.05) is 6.42 Å². The molecule has 0 bridgehead atoms. The standard InChI is InChI=1S/C16H22BrN3O5S/c17-14-5-4-13(25-14)16(22)18-8-15(21)19-11-9-26(23,24)10-12(11)20-6-2-1-3-7-20/h4-5,11-12H,1-3,6-10H2,(H,18,22)(H,19,21)/t11-,12-/m1/s1. The highest BCUT2D eigenvalue weighted by Gasteiger charge is 2.41. The van der Waals surface area contributed by atoms with E-state index >= 15 is 0 Å². The highest BCUT2D eigenvalue weighted by atomic mass is 79.9. The molecule has 2 aliphatic rings. The monoisotopic (exact) mass is 447 g/mol. The second-order valence-corrected chi connectivity index (χ2v) is 9.64. The van der Waals surface area contributed by atoms with Gasteiger partial charge in [0.2, 0.25) is 5.91 Å². The molecule has 26 heavy (non-hydrogen) atoms. The van der Waals surface area contributed by atoms with E-state index in [0.717, 1.165) is 32.4 Å². The van der Waals surface area contributed by atoms with Crippen LogP contribution in [-0.4, -0.2) is 68.4 Å². The largest absolute Gasteiger partial charge is 0.444 e. The van der Waals surface area contributed by atoms with Crippen molar-refractivity contribution in [3.63, 3.8) is 0 Å². The number of rotatable bonds is 5. The molecule has 2 N–H and O–H groups in total. The molecule has 3 heterocycles. The van der Waals surface area contributed by atoms with Crippen LogP contribution in [0.3, 0.4) is 0 Å². The van der Waals surface area contributed by atoms with E-state index in [1.54, 1.807) is 6.07 Å². The number of furan rings is 1. The lowest BCUT2D eigenvalue weighted by Gasteiger charge is -2.35. The third-order valence-electron chi connectivity index (χ3n) is 4.74. The minimum absolute atomic E-state index is 0.0566. The van der Waals surface area contributed by atoms with Crippen LogP contribution in [0.25, 0.3) is 0 Å². The quantitative estimate of drug-likeness (QED) is 0.681. The molecule has 1 aromatic heterocycles. The maximum Gasteiger partial charge on any atom is 0.287 e. The zero-order valence-electron chi connectivity index (χ0n) is 14.2. The van der Waals surface area contributed by atoms with Gasteiger partial charge in [-0.25, -0.2) is 8.42 Å². The molecule has 2 aliphatic heterocycles. The van der Waals surface area contributed by atoms with Crippen LogP contribution in [-0.2, 0) is 14.6 Å². The van der Waals surface area contributed by atoms with E-state index in [0.29, 0.717) is 4.67 Å². The molecule has 1 aromatic rings. The van der Waals surface area contributed by atoms with Crippen LogP contribution in [0.2, 0.25) is 0 Å². The number of nitrogens with one attached hydrogen (secondary N) is 2. The Kier molecular flexibility index (Phi) is 6.03. The fourth-order valence-corrected chi connectivity index (χ4v) is 5.78. The zero-order chi connectivity index (χ0) is 18.7. The van der Waals surface area contributed by atoms with E-state index in [1.165, 1.54) is 6.07 Å². The van der Waals surface area contributed by atoms with E-state index in [4.69, 9.17) is 4.42 Å². The minimum Gasteiger partial charge on any atom is -0.444 e. The summed E-state index contributed by atoms with van der Waals surface area (Å²) in [5.74, 6) is -0.797. The average Bonchev–Trinajstić information content (AvgIpc) is 3.16. The van der Waals surface area contributed by atoms with E-state index < -0.39 is 27.7 Å². The molecule has 0 saturated carbocycles. The number of likely N-dealkylation sites (tertiary alicyclic amines) is 1. The van der Waals surface area contributed by atoms with Gasteiger partial charge in [0.25, 0.3) is 5.91 Å². The molecular weight excluding hydrogens is 426 g/mol. The highest BCUT2D eigenvalue weighted by Crippen LogP contribution is 2.22. The Balaban J connectivity index is 1.55. The highest BCUT2D eigenvalue weighted by molar-refractivity contribution is 9.10. The first-order chi connectivity index (χ1) is 12.3. The summed E-state index contributed by atoms with van der Waals surface area (Å²) in [7, 11) is -3.18. The van der Waals surface area contributed by atoms with Crippen LogP contribution in [0, 0.1) is 0 Å². The summed E-state index contributed by atoms with van der Waals surface area (Å²) < 4.78 is 29.7. The Labute approximate surface area is 160 Å². The molecule has 2 atom stereocenters. The first kappa shape index (κ1) is 19.4. The van der Waals surface area contributed by atoms with E-state index in [-0.39, 0.29) is 29.9 Å². The lowest BCUT2D eigenvalue weighted by Crippen LogP contribution is -2.53. The third-order valence-corrected chi connectivity index (χ3v) is 6.88. The van der Waals surface area contributed by atoms with Gasteiger partial charge in [-0.15, -0.1) is 0 Å². The van der Waals surface area contributed by atoms with Crippen molar-refractivity contribution in [3.8, 4) is 0 Å². The third kappa shape index (κ3) is 4.86. The van der Waals surface area contributed by atoms with Gasteiger partial charge in [-0.05, 0) is 54.0 Å². The maximum atomic E-state index is 12.2. The molecule has 2 fully saturated rings. The second-order valence-electron chi connectivity index (χ2n) is 6.70. The number of amides is 2. The zero-order valence-corrected chi connectivity index (χ0v) is 16.6. The SMILES string of the molecule is O=C(CNC(=O)c1ccc(Br)o1)N[C@@H]1CS(=O)(=O)C[C@H]1N1CCCCC1. The van der Waals surface area contributed by atoms with E-state index in [9.17, 15) is 18.0 Å². The van der Waals surface area contributed by atoms with Crippen LogP contribution < -0.4 is 10.6 Å². The molecule has 10 heteroatoms. The lowest BCUT2D eigenvalue weighted by molar-refractivity contribution is -0.121. The van der Waals surface area contributed by atoms with Crippen LogP contribution >= 0.6 is 15.9 Å². The minimum atomic E-state index is -3.18. The molecular formula is C16H22BrN3O5S. The fraction of sp³-hybridized carbons (Fsp3) is 0.625. The lowest BCUT2D eigenvalue weighted by atomic mass is 10.0. The summed E-state index contributed by atoms with van der Waals surface area (Å²) in [5, 5.41) is 5.25. The van der Waals surface area contributed by atoms with Gasteiger partial charge >= 0.3 is 0 Å². The molecule has 2 amide bonds. The number of nitrogens with zero attached hydrogens (tertiary/aromatic N) is 1. The van der Waals surface area contributed by atoms with Crippen molar-refractivity contribution in [3.05, 3.63) is 22.6 Å². The van der Waals surface area contributed by atoms with Crippen molar-refractivity contribution >= 4 is 37.6 Å². The van der Waals surface area contributed by atoms with Gasteiger partial charge in [0.15, 0.2) is 20.3 Å². The molecule has 0 unspecified atom stereocenters. The van der Waals surface area contributed by atoms with E-state index in [1.807, 2.05) is 0 Å². The number of piperidine rings is 1. The van der Waals surface area contributed by atoms with Gasteiger partial charge < -0.3 is 15.1 Å². The average molecular weight is 448 g/mol. The first-order valence-electron chi connectivity index (χ1n) is 8.61. The summed E-state index contributed by atoms with van der Waals surface area (Å²) in [6, 6.07) is 2.44. The van der Waals surface area contributed by atoms with Gasteiger partial charge in [-0.2, -0.15) is 0 Å². The Bertz CT molecular complexity index is 773. The fourth-order valence-electron chi connectivity index (χ4n) is 3.52. The molecule has 0 spiro atoms. The number of hydrogen-bond acceptors (Lipinski definition) is 6. The normalized spacial score (nSPS) is 25.7. The predicted molar refractivity (Wildman–Crippen MR) is 98.5 cm³/mol. The number of carbonyl (C=O) groups excluding carboxylic acids is 2. The summed E-state index contributed by atoms with van der Waals surface area (Å²) >= 11 is 3.11. The van der Waals surface area contributed by atoms with Gasteiger partial charge in [-0.3, -0.25) is 14.5 Å². The Morgan fingerprint density at radius 1 is 1.19 bits per heavy atom. The van der Waals surface area contributed by atoms with Crippen LogP contribution in [0.4, 0.5) is 0 Å². The summed E-state index contributed by atoms with van der Waals surface area (Å²) in [5.41, 5.74) is 0. The molecule has 0 aromatic carbocycles. The van der Waals surface area contributed by atoms with E-state index in [2.05, 4.69) is 31.5 Å². The maximum absolute atomic E-state index is 12.2. The summed E-state index contributed by atoms with van der Waals surface area (Å²) in [4.78, 5) is 26.3. The van der Waals surface area contributed by atoms with Crippen molar-refractivity contribution in [2.75, 3.05) is 31.1 Å². The van der Waals surface area contributed by atoms with Crippen LogP contribution in [0.1, 0.15) is 29.8 Å². The number of hydrogen-bond donors (Lipinski definition) is 2. The number of carbonyl (C=O) groups is 2. The van der Waals surface area contributed by atoms with Crippen LogP contribution in [0.15, 0.2) is 21.2 Å².